The van der Waals surface area contributed by atoms with E-state index < -0.39 is 9.84 Å². The zero-order valence-electron chi connectivity index (χ0n) is 25.0. The number of ether oxygens (including phenoxy) is 2. The van der Waals surface area contributed by atoms with Crippen LogP contribution in [0.5, 0.6) is 11.5 Å². The van der Waals surface area contributed by atoms with Crippen LogP contribution in [0, 0.1) is 5.82 Å². The van der Waals surface area contributed by atoms with Crippen LogP contribution in [0.25, 0.3) is 22.2 Å². The van der Waals surface area contributed by atoms with Crippen molar-refractivity contribution in [3.63, 3.8) is 0 Å². The Hall–Kier alpha value is -3.84. The van der Waals surface area contributed by atoms with Gasteiger partial charge in [0.25, 0.3) is 0 Å². The van der Waals surface area contributed by atoms with Gasteiger partial charge in [-0.25, -0.2) is 27.8 Å². The molecule has 2 aromatic heterocycles. The molecule has 3 aromatic carbocycles. The van der Waals surface area contributed by atoms with E-state index in [0.717, 1.165) is 21.7 Å². The van der Waals surface area contributed by atoms with E-state index >= 15 is 0 Å². The summed E-state index contributed by atoms with van der Waals surface area (Å²) < 4.78 is 49.0. The van der Waals surface area contributed by atoms with Gasteiger partial charge in [0.1, 0.15) is 36.1 Å². The van der Waals surface area contributed by atoms with Gasteiger partial charge in [-0.05, 0) is 55.8 Å². The standard InChI is InChI=1S/C32H33ClFN5O4S2/c1-20(2)45(40,41)12-11-35-10-9-31-39-28(18-44-31)24-15-25-27(16-30(24)42-3)36-19-37-32(25)38-23-7-8-29(26(33)14-23)43-17-21-5-4-6-22(34)13-21/h4-8,13-16,18-20,35H,9-12,17H2,1-3H3,(H,36,37,38). The second-order valence-electron chi connectivity index (χ2n) is 10.5. The molecular weight excluding hydrogens is 637 g/mol. The molecule has 2 N–H and O–H groups in total. The summed E-state index contributed by atoms with van der Waals surface area (Å²) in [6, 6.07) is 15.3. The van der Waals surface area contributed by atoms with Crippen LogP contribution in [0.3, 0.4) is 0 Å². The summed E-state index contributed by atoms with van der Waals surface area (Å²) in [7, 11) is -1.46. The van der Waals surface area contributed by atoms with E-state index in [1.54, 1.807) is 45.2 Å². The third-order valence-corrected chi connectivity index (χ3v) is 10.5. The molecule has 0 saturated carbocycles. The molecule has 5 rings (SSSR count). The number of halogens is 2. The molecule has 0 aliphatic heterocycles. The highest BCUT2D eigenvalue weighted by Gasteiger charge is 2.17. The summed E-state index contributed by atoms with van der Waals surface area (Å²) in [5, 5.41) is 10.2. The normalized spacial score (nSPS) is 11.7. The third-order valence-electron chi connectivity index (χ3n) is 7.06. The van der Waals surface area contributed by atoms with Gasteiger partial charge in [-0.1, -0.05) is 23.7 Å². The summed E-state index contributed by atoms with van der Waals surface area (Å²) in [5.74, 6) is 1.46. The van der Waals surface area contributed by atoms with Gasteiger partial charge in [-0.3, -0.25) is 0 Å². The number of nitrogens with one attached hydrogen (secondary N) is 2. The predicted molar refractivity (Wildman–Crippen MR) is 178 cm³/mol. The average molecular weight is 670 g/mol. The number of hydrogen-bond donors (Lipinski definition) is 2. The van der Waals surface area contributed by atoms with Crippen molar-refractivity contribution in [1.29, 1.82) is 0 Å². The number of hydrogen-bond acceptors (Lipinski definition) is 10. The Kier molecular flexibility index (Phi) is 10.5. The quantitative estimate of drug-likeness (QED) is 0.123. The molecule has 0 fully saturated rings. The Labute approximate surface area is 270 Å². The fourth-order valence-electron chi connectivity index (χ4n) is 4.49. The molecule has 45 heavy (non-hydrogen) atoms. The van der Waals surface area contributed by atoms with Gasteiger partial charge in [-0.2, -0.15) is 0 Å². The lowest BCUT2D eigenvalue weighted by Crippen LogP contribution is -2.28. The van der Waals surface area contributed by atoms with Gasteiger partial charge >= 0.3 is 0 Å². The van der Waals surface area contributed by atoms with Crippen molar-refractivity contribution >= 4 is 55.2 Å². The van der Waals surface area contributed by atoms with Crippen molar-refractivity contribution in [3.8, 4) is 22.8 Å². The summed E-state index contributed by atoms with van der Waals surface area (Å²) in [6.45, 7) is 4.60. The van der Waals surface area contributed by atoms with E-state index in [-0.39, 0.29) is 23.4 Å². The molecule has 0 unspecified atom stereocenters. The van der Waals surface area contributed by atoms with E-state index in [4.69, 9.17) is 26.1 Å². The molecule has 0 amide bonds. The Balaban J connectivity index is 1.29. The number of aromatic nitrogens is 3. The van der Waals surface area contributed by atoms with Crippen molar-refractivity contribution < 1.29 is 22.3 Å². The lowest BCUT2D eigenvalue weighted by atomic mass is 10.1. The molecule has 0 atom stereocenters. The zero-order valence-corrected chi connectivity index (χ0v) is 27.4. The van der Waals surface area contributed by atoms with Crippen LogP contribution in [0.4, 0.5) is 15.9 Å². The predicted octanol–water partition coefficient (Wildman–Crippen LogP) is 6.83. The fourth-order valence-corrected chi connectivity index (χ4v) is 6.43. The molecule has 0 aliphatic carbocycles. The molecule has 236 valence electrons. The maximum absolute atomic E-state index is 13.5. The monoisotopic (exact) mass is 669 g/mol. The summed E-state index contributed by atoms with van der Waals surface area (Å²) in [5.41, 5.74) is 3.63. The molecule has 0 spiro atoms. The fraction of sp³-hybridized carbons (Fsp3) is 0.281. The molecule has 9 nitrogen and oxygen atoms in total. The van der Waals surface area contributed by atoms with Crippen LogP contribution in [-0.2, 0) is 22.9 Å². The van der Waals surface area contributed by atoms with Crippen LogP contribution in [-0.4, -0.2) is 54.6 Å². The second-order valence-corrected chi connectivity index (χ2v) is 14.5. The number of thiazole rings is 1. The lowest BCUT2D eigenvalue weighted by molar-refractivity contribution is 0.306. The van der Waals surface area contributed by atoms with E-state index in [1.807, 2.05) is 23.6 Å². The van der Waals surface area contributed by atoms with E-state index in [1.165, 1.54) is 29.8 Å². The number of sulfone groups is 1. The zero-order chi connectivity index (χ0) is 32.0. The first kappa shape index (κ1) is 32.6. The van der Waals surface area contributed by atoms with Gasteiger partial charge in [0.15, 0.2) is 9.84 Å². The van der Waals surface area contributed by atoms with Crippen LogP contribution in [0.1, 0.15) is 24.4 Å². The number of nitrogens with zero attached hydrogens (tertiary/aromatic N) is 3. The second kappa shape index (κ2) is 14.5. The summed E-state index contributed by atoms with van der Waals surface area (Å²) in [6.07, 6.45) is 2.14. The van der Waals surface area contributed by atoms with E-state index in [2.05, 4.69) is 20.6 Å². The smallest absolute Gasteiger partial charge is 0.153 e. The summed E-state index contributed by atoms with van der Waals surface area (Å²) in [4.78, 5) is 13.7. The molecular formula is C32H33ClFN5O4S2. The molecule has 0 radical (unpaired) electrons. The van der Waals surface area contributed by atoms with Gasteiger partial charge in [0.2, 0.25) is 0 Å². The number of rotatable bonds is 14. The first-order chi connectivity index (χ1) is 21.6. The summed E-state index contributed by atoms with van der Waals surface area (Å²) >= 11 is 8.05. The SMILES string of the molecule is COc1cc2ncnc(Nc3ccc(OCc4cccc(F)c4)c(Cl)c3)c2cc1-c1csc(CCNCCS(=O)(=O)C(C)C)n1. The van der Waals surface area contributed by atoms with Crippen molar-refractivity contribution in [2.45, 2.75) is 32.1 Å². The third kappa shape index (κ3) is 8.26. The maximum Gasteiger partial charge on any atom is 0.153 e. The van der Waals surface area contributed by atoms with E-state index in [0.29, 0.717) is 58.6 Å². The maximum atomic E-state index is 13.5. The van der Waals surface area contributed by atoms with Crippen LogP contribution >= 0.6 is 22.9 Å². The van der Waals surface area contributed by atoms with Crippen LogP contribution in [0.2, 0.25) is 5.02 Å². The Morgan fingerprint density at radius 2 is 1.89 bits per heavy atom. The molecule has 13 heteroatoms. The van der Waals surface area contributed by atoms with Gasteiger partial charge in [-0.15, -0.1) is 11.3 Å². The lowest BCUT2D eigenvalue weighted by Gasteiger charge is -2.13. The van der Waals surface area contributed by atoms with Crippen LogP contribution in [0.15, 0.2) is 66.3 Å². The first-order valence-electron chi connectivity index (χ1n) is 14.3. The van der Waals surface area contributed by atoms with Gasteiger partial charge < -0.3 is 20.1 Å². The number of methoxy groups -OCH3 is 1. The van der Waals surface area contributed by atoms with Gasteiger partial charge in [0.05, 0.1) is 39.4 Å². The van der Waals surface area contributed by atoms with Crippen molar-refractivity contribution in [1.82, 2.24) is 20.3 Å². The highest BCUT2D eigenvalue weighted by molar-refractivity contribution is 7.92. The minimum atomic E-state index is -3.07. The largest absolute Gasteiger partial charge is 0.496 e. The Bertz CT molecular complexity index is 1900. The Morgan fingerprint density at radius 3 is 2.64 bits per heavy atom. The molecule has 0 bridgehead atoms. The highest BCUT2D eigenvalue weighted by atomic mass is 35.5. The van der Waals surface area contributed by atoms with Crippen molar-refractivity contribution in [3.05, 3.63) is 87.7 Å². The molecule has 0 aliphatic rings. The minimum absolute atomic E-state index is 0.112. The van der Waals surface area contributed by atoms with Crippen LogP contribution < -0.4 is 20.1 Å². The minimum Gasteiger partial charge on any atom is -0.496 e. The Morgan fingerprint density at radius 1 is 1.04 bits per heavy atom. The number of benzene rings is 3. The van der Waals surface area contributed by atoms with Crippen molar-refractivity contribution in [2.24, 2.45) is 0 Å². The number of fused-ring (bicyclic) bond motifs is 1. The first-order valence-corrected chi connectivity index (χ1v) is 17.2. The number of anilines is 2. The topological polar surface area (TPSA) is 115 Å². The molecule has 5 aromatic rings. The van der Waals surface area contributed by atoms with E-state index in [9.17, 15) is 12.8 Å². The van der Waals surface area contributed by atoms with Gasteiger partial charge in [0, 0.05) is 47.6 Å². The molecule has 0 saturated heterocycles. The average Bonchev–Trinajstić information content (AvgIpc) is 3.48. The van der Waals surface area contributed by atoms with Crippen molar-refractivity contribution in [2.75, 3.05) is 31.3 Å². The highest BCUT2D eigenvalue weighted by Crippen LogP contribution is 2.37. The molecule has 2 heterocycles.